The number of nitrogens with one attached hydrogen (secondary N) is 1. The highest BCUT2D eigenvalue weighted by Crippen LogP contribution is 2.19. The molecule has 6 nitrogen and oxygen atoms in total. The van der Waals surface area contributed by atoms with Gasteiger partial charge in [0.2, 0.25) is 0 Å². The first-order chi connectivity index (χ1) is 12.9. The maximum atomic E-state index is 12.4. The maximum Gasteiger partial charge on any atom is 0.409 e. The molecule has 1 atom stereocenters. The van der Waals surface area contributed by atoms with Crippen LogP contribution in [0.2, 0.25) is 0 Å². The van der Waals surface area contributed by atoms with Crippen molar-refractivity contribution in [3.8, 4) is 5.75 Å². The van der Waals surface area contributed by atoms with Crippen LogP contribution in [0, 0.1) is 0 Å². The molecule has 1 fully saturated rings. The summed E-state index contributed by atoms with van der Waals surface area (Å²) in [6, 6.07) is 7.85. The number of ether oxygens (including phenoxy) is 2. The second kappa shape index (κ2) is 10.4. The van der Waals surface area contributed by atoms with Crippen molar-refractivity contribution in [2.24, 2.45) is 0 Å². The number of benzene rings is 1. The third-order valence-electron chi connectivity index (χ3n) is 4.63. The van der Waals surface area contributed by atoms with Crippen LogP contribution < -0.4 is 10.1 Å². The quantitative estimate of drug-likeness (QED) is 0.716. The third kappa shape index (κ3) is 6.61. The number of likely N-dealkylation sites (tertiary alicyclic amines) is 1. The second-order valence-corrected chi connectivity index (χ2v) is 7.44. The highest BCUT2D eigenvalue weighted by Gasteiger charge is 2.26. The molecule has 1 aromatic rings. The van der Waals surface area contributed by atoms with Gasteiger partial charge in [0, 0.05) is 19.1 Å². The summed E-state index contributed by atoms with van der Waals surface area (Å²) in [6.45, 7) is 7.33. The molecule has 1 unspecified atom stereocenters. The van der Waals surface area contributed by atoms with Crippen LogP contribution in [0.1, 0.15) is 45.1 Å². The zero-order valence-corrected chi connectivity index (χ0v) is 17.0. The molecule has 2 rings (SSSR count). The predicted molar refractivity (Wildman–Crippen MR) is 105 cm³/mol. The van der Waals surface area contributed by atoms with Crippen molar-refractivity contribution in [3.05, 3.63) is 29.8 Å². The second-order valence-electron chi connectivity index (χ2n) is 7.06. The molecule has 1 aromatic carbocycles. The molecule has 1 saturated heterocycles. The molecule has 1 heterocycles. The van der Waals surface area contributed by atoms with Gasteiger partial charge in [0.25, 0.3) is 5.91 Å². The Morgan fingerprint density at radius 3 is 2.37 bits per heavy atom. The minimum Gasteiger partial charge on any atom is -0.481 e. The van der Waals surface area contributed by atoms with Crippen LogP contribution in [0.15, 0.2) is 24.3 Å². The molecule has 1 aliphatic heterocycles. The van der Waals surface area contributed by atoms with Gasteiger partial charge >= 0.3 is 6.09 Å². The van der Waals surface area contributed by atoms with E-state index >= 15 is 0 Å². The summed E-state index contributed by atoms with van der Waals surface area (Å²) < 4.78 is 10.8. The number of carbonyl (C=O) groups excluding carboxylic acids is 2. The van der Waals surface area contributed by atoms with Gasteiger partial charge in [0.05, 0.1) is 5.88 Å². The lowest BCUT2D eigenvalue weighted by Crippen LogP contribution is -2.49. The van der Waals surface area contributed by atoms with Gasteiger partial charge in [-0.25, -0.2) is 4.79 Å². The largest absolute Gasteiger partial charge is 0.481 e. The fourth-order valence-corrected chi connectivity index (χ4v) is 3.01. The molecule has 0 bridgehead atoms. The average Bonchev–Trinajstić information content (AvgIpc) is 2.67. The molecule has 0 spiro atoms. The summed E-state index contributed by atoms with van der Waals surface area (Å²) in [5.74, 6) is 1.28. The molecule has 2 amide bonds. The van der Waals surface area contributed by atoms with Gasteiger partial charge in [-0.3, -0.25) is 4.79 Å². The van der Waals surface area contributed by atoms with Gasteiger partial charge in [0.1, 0.15) is 12.4 Å². The number of halogens is 1. The average molecular weight is 397 g/mol. The number of hydrogen-bond donors (Lipinski definition) is 1. The lowest BCUT2D eigenvalue weighted by atomic mass is 10.0. The normalized spacial score (nSPS) is 16.1. The van der Waals surface area contributed by atoms with E-state index in [2.05, 4.69) is 19.2 Å². The number of alkyl halides is 1. The van der Waals surface area contributed by atoms with Crippen molar-refractivity contribution in [1.82, 2.24) is 10.2 Å². The fourth-order valence-electron chi connectivity index (χ4n) is 2.93. The molecular weight excluding hydrogens is 368 g/mol. The van der Waals surface area contributed by atoms with E-state index in [4.69, 9.17) is 21.1 Å². The Morgan fingerprint density at radius 2 is 1.81 bits per heavy atom. The molecule has 0 saturated carbocycles. The number of nitrogens with zero attached hydrogens (tertiary/aromatic N) is 1. The van der Waals surface area contributed by atoms with Crippen molar-refractivity contribution >= 4 is 23.6 Å². The minimum absolute atomic E-state index is 0.0314. The van der Waals surface area contributed by atoms with Gasteiger partial charge in [-0.1, -0.05) is 26.0 Å². The molecule has 7 heteroatoms. The minimum atomic E-state index is -0.582. The lowest BCUT2D eigenvalue weighted by Gasteiger charge is -2.32. The Labute approximate surface area is 166 Å². The van der Waals surface area contributed by atoms with Crippen LogP contribution in [-0.4, -0.2) is 54.6 Å². The molecule has 0 radical (unpaired) electrons. The Hall–Kier alpha value is -1.95. The number of hydrogen-bond acceptors (Lipinski definition) is 4. The van der Waals surface area contributed by atoms with E-state index in [-0.39, 0.29) is 30.5 Å². The first kappa shape index (κ1) is 21.4. The van der Waals surface area contributed by atoms with Gasteiger partial charge < -0.3 is 19.7 Å². The summed E-state index contributed by atoms with van der Waals surface area (Å²) in [5, 5.41) is 3.01. The van der Waals surface area contributed by atoms with E-state index < -0.39 is 6.10 Å². The van der Waals surface area contributed by atoms with Gasteiger partial charge in [-0.15, -0.1) is 11.6 Å². The van der Waals surface area contributed by atoms with Crippen molar-refractivity contribution in [2.45, 2.75) is 51.7 Å². The molecule has 0 aliphatic carbocycles. The van der Waals surface area contributed by atoms with E-state index in [9.17, 15) is 9.59 Å². The molecular formula is C20H29ClN2O4. The van der Waals surface area contributed by atoms with Crippen molar-refractivity contribution in [1.29, 1.82) is 0 Å². The Balaban J connectivity index is 1.75. The molecule has 0 aromatic heterocycles. The first-order valence-electron chi connectivity index (χ1n) is 9.45. The van der Waals surface area contributed by atoms with Crippen LogP contribution in [0.4, 0.5) is 4.79 Å². The smallest absolute Gasteiger partial charge is 0.409 e. The van der Waals surface area contributed by atoms with E-state index in [0.717, 1.165) is 0 Å². The van der Waals surface area contributed by atoms with Crippen molar-refractivity contribution in [3.63, 3.8) is 0 Å². The number of amides is 2. The highest BCUT2D eigenvalue weighted by atomic mass is 35.5. The van der Waals surface area contributed by atoms with Crippen LogP contribution in [0.3, 0.4) is 0 Å². The fraction of sp³-hybridized carbons (Fsp3) is 0.600. The Morgan fingerprint density at radius 1 is 1.19 bits per heavy atom. The van der Waals surface area contributed by atoms with Gasteiger partial charge in [-0.05, 0) is 43.4 Å². The van der Waals surface area contributed by atoms with Crippen molar-refractivity contribution < 1.29 is 19.1 Å². The van der Waals surface area contributed by atoms with Crippen LogP contribution in [0.25, 0.3) is 0 Å². The van der Waals surface area contributed by atoms with Crippen LogP contribution in [0.5, 0.6) is 5.75 Å². The highest BCUT2D eigenvalue weighted by molar-refractivity contribution is 6.18. The first-order valence-corrected chi connectivity index (χ1v) is 9.98. The van der Waals surface area contributed by atoms with Gasteiger partial charge in [-0.2, -0.15) is 0 Å². The number of rotatable bonds is 7. The zero-order valence-electron chi connectivity index (χ0n) is 16.2. The third-order valence-corrected chi connectivity index (χ3v) is 4.79. The molecule has 1 aliphatic rings. The summed E-state index contributed by atoms with van der Waals surface area (Å²) >= 11 is 5.52. The summed E-state index contributed by atoms with van der Waals surface area (Å²) in [5.41, 5.74) is 1.23. The summed E-state index contributed by atoms with van der Waals surface area (Å²) in [7, 11) is 0. The van der Waals surface area contributed by atoms with Crippen LogP contribution in [-0.2, 0) is 9.53 Å². The maximum absolute atomic E-state index is 12.4. The zero-order chi connectivity index (χ0) is 19.8. The monoisotopic (exact) mass is 396 g/mol. The molecule has 27 heavy (non-hydrogen) atoms. The van der Waals surface area contributed by atoms with E-state index in [0.29, 0.717) is 37.6 Å². The van der Waals surface area contributed by atoms with E-state index in [1.54, 1.807) is 11.8 Å². The van der Waals surface area contributed by atoms with E-state index in [1.165, 1.54) is 5.56 Å². The standard InChI is InChI=1S/C20H29ClN2O4/c1-14(2)16-4-6-18(7-5-16)27-15(3)19(24)22-17-8-11-23(12-9-17)20(25)26-13-10-21/h4-7,14-15,17H,8-13H2,1-3H3,(H,22,24). The lowest BCUT2D eigenvalue weighted by molar-refractivity contribution is -0.128. The van der Waals surface area contributed by atoms with E-state index in [1.807, 2.05) is 24.3 Å². The predicted octanol–water partition coefficient (Wildman–Crippen LogP) is 3.53. The van der Waals surface area contributed by atoms with Crippen LogP contribution >= 0.6 is 11.6 Å². The summed E-state index contributed by atoms with van der Waals surface area (Å²) in [6.07, 6.45) is 0.457. The number of piperidine rings is 1. The Kier molecular flexibility index (Phi) is 8.23. The van der Waals surface area contributed by atoms with Gasteiger partial charge in [0.15, 0.2) is 6.10 Å². The number of carbonyl (C=O) groups is 2. The topological polar surface area (TPSA) is 67.9 Å². The molecule has 150 valence electrons. The Bertz CT molecular complexity index is 613. The SMILES string of the molecule is CC(Oc1ccc(C(C)C)cc1)C(=O)NC1CCN(C(=O)OCCCl)CC1. The van der Waals surface area contributed by atoms with Crippen molar-refractivity contribution in [2.75, 3.05) is 25.6 Å². The molecule has 1 N–H and O–H groups in total. The summed E-state index contributed by atoms with van der Waals surface area (Å²) in [4.78, 5) is 25.8.